The van der Waals surface area contributed by atoms with Crippen LogP contribution in [0.15, 0.2) is 36.7 Å². The Morgan fingerprint density at radius 3 is 2.76 bits per heavy atom. The first-order valence-corrected chi connectivity index (χ1v) is 6.88. The fourth-order valence-electron chi connectivity index (χ4n) is 1.41. The number of hydrogen-bond donors (Lipinski definition) is 1. The van der Waals surface area contributed by atoms with Crippen molar-refractivity contribution in [3.63, 3.8) is 0 Å². The molecule has 1 heterocycles. The van der Waals surface area contributed by atoms with Gasteiger partial charge >= 0.3 is 0 Å². The molecular weight excluding hydrogens is 254 g/mol. The van der Waals surface area contributed by atoms with E-state index in [1.165, 1.54) is 0 Å². The number of rotatable bonds is 4. The van der Waals surface area contributed by atoms with E-state index in [2.05, 4.69) is 21.5 Å². The monoisotopic (exact) mass is 265 g/mol. The van der Waals surface area contributed by atoms with Crippen LogP contribution in [0.3, 0.4) is 0 Å². The van der Waals surface area contributed by atoms with Crippen molar-refractivity contribution in [2.75, 3.05) is 11.6 Å². The largest absolute Gasteiger partial charge is 0.324 e. The summed E-state index contributed by atoms with van der Waals surface area (Å²) in [5.41, 5.74) is 2.06. The van der Waals surface area contributed by atoms with Gasteiger partial charge in [0.15, 0.2) is 0 Å². The molecule has 0 atom stereocenters. The lowest BCUT2D eigenvalue weighted by Crippen LogP contribution is -1.96. The fourth-order valence-corrected chi connectivity index (χ4v) is 2.22. The Balaban J connectivity index is 2.19. The van der Waals surface area contributed by atoms with Crippen molar-refractivity contribution in [3.05, 3.63) is 47.2 Å². The Morgan fingerprint density at radius 1 is 1.29 bits per heavy atom. The van der Waals surface area contributed by atoms with E-state index in [-0.39, 0.29) is 0 Å². The first-order valence-electron chi connectivity index (χ1n) is 5.11. The van der Waals surface area contributed by atoms with Crippen LogP contribution >= 0.6 is 23.4 Å². The van der Waals surface area contributed by atoms with Crippen molar-refractivity contribution in [1.29, 1.82) is 0 Å². The fraction of sp³-hybridized carbons (Fsp3) is 0.167. The third kappa shape index (κ3) is 3.35. The summed E-state index contributed by atoms with van der Waals surface area (Å²) in [5.74, 6) is 1.48. The molecule has 17 heavy (non-hydrogen) atoms. The van der Waals surface area contributed by atoms with E-state index >= 15 is 0 Å². The Hall–Kier alpha value is -1.26. The van der Waals surface area contributed by atoms with Gasteiger partial charge in [0.2, 0.25) is 5.95 Å². The number of hydrogen-bond acceptors (Lipinski definition) is 4. The lowest BCUT2D eigenvalue weighted by Gasteiger charge is -2.07. The van der Waals surface area contributed by atoms with Gasteiger partial charge in [-0.05, 0) is 36.1 Å². The van der Waals surface area contributed by atoms with Gasteiger partial charge in [-0.2, -0.15) is 11.8 Å². The minimum atomic E-state index is 0.588. The minimum absolute atomic E-state index is 0.588. The molecule has 2 rings (SSSR count). The van der Waals surface area contributed by atoms with Crippen molar-refractivity contribution < 1.29 is 0 Å². The van der Waals surface area contributed by atoms with Crippen molar-refractivity contribution in [2.24, 2.45) is 0 Å². The average molecular weight is 266 g/mol. The van der Waals surface area contributed by atoms with Crippen molar-refractivity contribution in [2.45, 2.75) is 5.75 Å². The molecule has 0 saturated carbocycles. The first kappa shape index (κ1) is 12.2. The maximum absolute atomic E-state index is 6.11. The number of thioether (sulfide) groups is 1. The smallest absolute Gasteiger partial charge is 0.227 e. The SMILES string of the molecule is CSCc1cc(Nc2ncccn2)ccc1Cl. The average Bonchev–Trinajstić information content (AvgIpc) is 2.35. The van der Waals surface area contributed by atoms with Gasteiger partial charge < -0.3 is 5.32 Å². The molecule has 1 aromatic heterocycles. The maximum atomic E-state index is 6.11. The van der Waals surface area contributed by atoms with E-state index in [1.54, 1.807) is 30.2 Å². The van der Waals surface area contributed by atoms with Gasteiger partial charge in [-0.25, -0.2) is 9.97 Å². The van der Waals surface area contributed by atoms with Gasteiger partial charge in [-0.15, -0.1) is 0 Å². The summed E-state index contributed by atoms with van der Waals surface area (Å²) >= 11 is 7.85. The van der Waals surface area contributed by atoms with Crippen LogP contribution in [0.2, 0.25) is 5.02 Å². The molecule has 0 bridgehead atoms. The second-order valence-corrected chi connectivity index (χ2v) is 4.71. The van der Waals surface area contributed by atoms with Gasteiger partial charge in [0.1, 0.15) is 0 Å². The van der Waals surface area contributed by atoms with E-state index in [4.69, 9.17) is 11.6 Å². The van der Waals surface area contributed by atoms with Crippen LogP contribution in [-0.2, 0) is 5.75 Å². The predicted molar refractivity (Wildman–Crippen MR) is 74.0 cm³/mol. The quantitative estimate of drug-likeness (QED) is 0.914. The Bertz CT molecular complexity index is 490. The molecule has 0 radical (unpaired) electrons. The second kappa shape index (κ2) is 5.89. The highest BCUT2D eigenvalue weighted by Crippen LogP contribution is 2.24. The van der Waals surface area contributed by atoms with Gasteiger partial charge in [-0.3, -0.25) is 0 Å². The second-order valence-electron chi connectivity index (χ2n) is 3.44. The van der Waals surface area contributed by atoms with Crippen molar-refractivity contribution >= 4 is 35.0 Å². The van der Waals surface area contributed by atoms with E-state index in [0.29, 0.717) is 5.95 Å². The van der Waals surface area contributed by atoms with Gasteiger partial charge in [0.05, 0.1) is 0 Å². The van der Waals surface area contributed by atoms with Crippen LogP contribution in [0.1, 0.15) is 5.56 Å². The molecule has 0 aliphatic heterocycles. The third-order valence-corrected chi connectivity index (χ3v) is 3.14. The molecule has 0 fully saturated rings. The number of nitrogens with one attached hydrogen (secondary N) is 1. The topological polar surface area (TPSA) is 37.8 Å². The molecular formula is C12H12ClN3S. The summed E-state index contributed by atoms with van der Waals surface area (Å²) in [6.45, 7) is 0. The highest BCUT2D eigenvalue weighted by atomic mass is 35.5. The number of aromatic nitrogens is 2. The van der Waals surface area contributed by atoms with Gasteiger partial charge in [0.25, 0.3) is 0 Å². The van der Waals surface area contributed by atoms with Crippen molar-refractivity contribution in [3.8, 4) is 0 Å². The molecule has 0 spiro atoms. The molecule has 0 amide bonds. The van der Waals surface area contributed by atoms with Gasteiger partial charge in [0, 0.05) is 28.9 Å². The molecule has 2 aromatic rings. The van der Waals surface area contributed by atoms with Crippen LogP contribution in [0, 0.1) is 0 Å². The zero-order chi connectivity index (χ0) is 12.1. The number of anilines is 2. The normalized spacial score (nSPS) is 10.2. The summed E-state index contributed by atoms with van der Waals surface area (Å²) in [7, 11) is 0. The molecule has 0 aliphatic carbocycles. The third-order valence-electron chi connectivity index (χ3n) is 2.17. The van der Waals surface area contributed by atoms with Crippen LogP contribution in [0.5, 0.6) is 0 Å². The molecule has 1 N–H and O–H groups in total. The summed E-state index contributed by atoms with van der Waals surface area (Å²) in [6.07, 6.45) is 5.46. The molecule has 5 heteroatoms. The molecule has 3 nitrogen and oxygen atoms in total. The van der Waals surface area contributed by atoms with Gasteiger partial charge in [-0.1, -0.05) is 11.6 Å². The number of nitrogens with zero attached hydrogens (tertiary/aromatic N) is 2. The standard InChI is InChI=1S/C12H12ClN3S/c1-17-8-9-7-10(3-4-11(9)13)16-12-14-5-2-6-15-12/h2-7H,8H2,1H3,(H,14,15,16). The lowest BCUT2D eigenvalue weighted by atomic mass is 10.2. The van der Waals surface area contributed by atoms with E-state index < -0.39 is 0 Å². The van der Waals surface area contributed by atoms with E-state index in [1.807, 2.05) is 18.2 Å². The molecule has 0 saturated heterocycles. The summed E-state index contributed by atoms with van der Waals surface area (Å²) in [6, 6.07) is 7.61. The van der Waals surface area contributed by atoms with Crippen LogP contribution in [0.4, 0.5) is 11.6 Å². The Kier molecular flexibility index (Phi) is 4.23. The number of halogens is 1. The van der Waals surface area contributed by atoms with E-state index in [9.17, 15) is 0 Å². The maximum Gasteiger partial charge on any atom is 0.227 e. The highest BCUT2D eigenvalue weighted by Gasteiger charge is 2.02. The zero-order valence-corrected chi connectivity index (χ0v) is 10.9. The zero-order valence-electron chi connectivity index (χ0n) is 9.35. The Labute approximate surface area is 110 Å². The van der Waals surface area contributed by atoms with Crippen molar-refractivity contribution in [1.82, 2.24) is 9.97 Å². The van der Waals surface area contributed by atoms with Crippen LogP contribution < -0.4 is 5.32 Å². The van der Waals surface area contributed by atoms with Crippen LogP contribution in [0.25, 0.3) is 0 Å². The molecule has 0 unspecified atom stereocenters. The number of benzene rings is 1. The minimum Gasteiger partial charge on any atom is -0.324 e. The molecule has 1 aromatic carbocycles. The predicted octanol–water partition coefficient (Wildman–Crippen LogP) is 3.74. The summed E-state index contributed by atoms with van der Waals surface area (Å²) < 4.78 is 0. The molecule has 0 aliphatic rings. The summed E-state index contributed by atoms with van der Waals surface area (Å²) in [4.78, 5) is 8.22. The first-order chi connectivity index (χ1) is 8.29. The Morgan fingerprint density at radius 2 is 2.06 bits per heavy atom. The molecule has 88 valence electrons. The summed E-state index contributed by atoms with van der Waals surface area (Å²) in [5, 5.41) is 3.93. The highest BCUT2D eigenvalue weighted by molar-refractivity contribution is 7.97. The lowest BCUT2D eigenvalue weighted by molar-refractivity contribution is 1.16. The van der Waals surface area contributed by atoms with E-state index in [0.717, 1.165) is 22.0 Å². The van der Waals surface area contributed by atoms with Crippen LogP contribution in [-0.4, -0.2) is 16.2 Å².